The molecule has 29 heavy (non-hydrogen) atoms. The third kappa shape index (κ3) is 7.98. The summed E-state index contributed by atoms with van der Waals surface area (Å²) >= 11 is 0. The first-order valence-corrected chi connectivity index (χ1v) is 10.2. The SMILES string of the molecule is CCNC(=O)C(C)(C)CN=C(NCC)NC1CCN(c2cccc(F)c2)CC1.I. The van der Waals surface area contributed by atoms with Crippen LogP contribution in [0, 0.1) is 11.2 Å². The largest absolute Gasteiger partial charge is 0.371 e. The van der Waals surface area contributed by atoms with Gasteiger partial charge in [-0.15, -0.1) is 24.0 Å². The van der Waals surface area contributed by atoms with Crippen molar-refractivity contribution in [3.8, 4) is 0 Å². The Balaban J connectivity index is 0.00000420. The third-order valence-corrected chi connectivity index (χ3v) is 4.94. The highest BCUT2D eigenvalue weighted by Crippen LogP contribution is 2.21. The normalized spacial score (nSPS) is 15.5. The van der Waals surface area contributed by atoms with Gasteiger partial charge >= 0.3 is 0 Å². The third-order valence-electron chi connectivity index (χ3n) is 4.94. The van der Waals surface area contributed by atoms with E-state index in [4.69, 9.17) is 0 Å². The monoisotopic (exact) mass is 519 g/mol. The summed E-state index contributed by atoms with van der Waals surface area (Å²) in [5.74, 6) is 0.552. The van der Waals surface area contributed by atoms with Gasteiger partial charge in [0.2, 0.25) is 5.91 Å². The van der Waals surface area contributed by atoms with Gasteiger partial charge in [0.1, 0.15) is 5.82 Å². The Kier molecular flexibility index (Phi) is 10.7. The van der Waals surface area contributed by atoms with E-state index in [1.54, 1.807) is 12.1 Å². The lowest BCUT2D eigenvalue weighted by Crippen LogP contribution is -2.49. The van der Waals surface area contributed by atoms with Gasteiger partial charge in [0.25, 0.3) is 0 Å². The van der Waals surface area contributed by atoms with E-state index in [0.717, 1.165) is 44.1 Å². The molecule has 1 saturated heterocycles. The number of halogens is 2. The Bertz CT molecular complexity index is 675. The Labute approximate surface area is 191 Å². The van der Waals surface area contributed by atoms with Crippen LogP contribution in [0.3, 0.4) is 0 Å². The van der Waals surface area contributed by atoms with Crippen molar-refractivity contribution < 1.29 is 9.18 Å². The molecule has 0 aromatic heterocycles. The number of anilines is 1. The number of nitrogens with one attached hydrogen (secondary N) is 3. The van der Waals surface area contributed by atoms with Crippen LogP contribution in [0.2, 0.25) is 0 Å². The van der Waals surface area contributed by atoms with Crippen molar-refractivity contribution >= 4 is 41.5 Å². The van der Waals surface area contributed by atoms with E-state index in [1.807, 2.05) is 33.8 Å². The molecule has 1 amide bonds. The van der Waals surface area contributed by atoms with Crippen LogP contribution >= 0.6 is 24.0 Å². The number of carbonyl (C=O) groups is 1. The van der Waals surface area contributed by atoms with Crippen LogP contribution in [-0.2, 0) is 4.79 Å². The average Bonchev–Trinajstić information content (AvgIpc) is 2.67. The molecular weight excluding hydrogens is 484 g/mol. The van der Waals surface area contributed by atoms with Crippen LogP contribution in [0.5, 0.6) is 0 Å². The number of piperidine rings is 1. The molecule has 164 valence electrons. The van der Waals surface area contributed by atoms with Crippen molar-refractivity contribution in [1.29, 1.82) is 0 Å². The number of hydrogen-bond donors (Lipinski definition) is 3. The second-order valence-electron chi connectivity index (χ2n) is 7.82. The minimum absolute atomic E-state index is 0. The second-order valence-corrected chi connectivity index (χ2v) is 7.82. The van der Waals surface area contributed by atoms with E-state index < -0.39 is 5.41 Å². The predicted molar refractivity (Wildman–Crippen MR) is 129 cm³/mol. The zero-order valence-corrected chi connectivity index (χ0v) is 20.3. The maximum absolute atomic E-state index is 13.5. The smallest absolute Gasteiger partial charge is 0.227 e. The van der Waals surface area contributed by atoms with Crippen LogP contribution < -0.4 is 20.9 Å². The van der Waals surface area contributed by atoms with Crippen molar-refractivity contribution in [3.05, 3.63) is 30.1 Å². The predicted octanol–water partition coefficient (Wildman–Crippen LogP) is 3.13. The van der Waals surface area contributed by atoms with Crippen molar-refractivity contribution in [2.75, 3.05) is 37.6 Å². The highest BCUT2D eigenvalue weighted by atomic mass is 127. The van der Waals surface area contributed by atoms with Crippen LogP contribution in [0.4, 0.5) is 10.1 Å². The van der Waals surface area contributed by atoms with Crippen molar-refractivity contribution in [1.82, 2.24) is 16.0 Å². The fourth-order valence-electron chi connectivity index (χ4n) is 3.22. The van der Waals surface area contributed by atoms with Gasteiger partial charge in [-0.3, -0.25) is 9.79 Å². The first-order chi connectivity index (χ1) is 13.4. The molecule has 3 N–H and O–H groups in total. The summed E-state index contributed by atoms with van der Waals surface area (Å²) in [7, 11) is 0. The van der Waals surface area contributed by atoms with E-state index in [1.165, 1.54) is 6.07 Å². The number of amides is 1. The number of nitrogens with zero attached hydrogens (tertiary/aromatic N) is 2. The van der Waals surface area contributed by atoms with Crippen molar-refractivity contribution in [2.45, 2.75) is 46.6 Å². The topological polar surface area (TPSA) is 68.8 Å². The highest BCUT2D eigenvalue weighted by Gasteiger charge is 2.27. The Morgan fingerprint density at radius 2 is 1.86 bits per heavy atom. The van der Waals surface area contributed by atoms with Gasteiger partial charge in [-0.2, -0.15) is 0 Å². The summed E-state index contributed by atoms with van der Waals surface area (Å²) in [5.41, 5.74) is 0.377. The van der Waals surface area contributed by atoms with Gasteiger partial charge < -0.3 is 20.9 Å². The maximum Gasteiger partial charge on any atom is 0.227 e. The molecule has 1 fully saturated rings. The number of hydrogen-bond acceptors (Lipinski definition) is 3. The molecule has 8 heteroatoms. The number of benzene rings is 1. The van der Waals surface area contributed by atoms with E-state index in [0.29, 0.717) is 19.1 Å². The van der Waals surface area contributed by atoms with Gasteiger partial charge in [-0.25, -0.2) is 4.39 Å². The Morgan fingerprint density at radius 3 is 2.45 bits per heavy atom. The first kappa shape index (κ1) is 25.5. The lowest BCUT2D eigenvalue weighted by atomic mass is 9.92. The molecular formula is C21H35FIN5O. The standard InChI is InChI=1S/C21H34FN5O.HI/c1-5-23-19(28)21(3,4)15-25-20(24-6-2)26-17-10-12-27(13-11-17)18-9-7-8-16(22)14-18;/h7-9,14,17H,5-6,10-13,15H2,1-4H3,(H,23,28)(H2,24,25,26);1H. The minimum atomic E-state index is -0.556. The van der Waals surface area contributed by atoms with Gasteiger partial charge in [-0.05, 0) is 58.7 Å². The number of carbonyl (C=O) groups excluding carboxylic acids is 1. The average molecular weight is 519 g/mol. The molecule has 1 aliphatic heterocycles. The van der Waals surface area contributed by atoms with Gasteiger partial charge in [0, 0.05) is 37.9 Å². The number of guanidine groups is 1. The fourth-order valence-corrected chi connectivity index (χ4v) is 3.22. The molecule has 0 aliphatic carbocycles. The molecule has 0 radical (unpaired) electrons. The molecule has 2 rings (SSSR count). The number of aliphatic imine (C=N–C) groups is 1. The highest BCUT2D eigenvalue weighted by molar-refractivity contribution is 14.0. The van der Waals surface area contributed by atoms with E-state index in [-0.39, 0.29) is 35.7 Å². The Morgan fingerprint density at radius 1 is 1.21 bits per heavy atom. The first-order valence-electron chi connectivity index (χ1n) is 10.2. The number of rotatable bonds is 7. The van der Waals surface area contributed by atoms with Gasteiger partial charge in [-0.1, -0.05) is 6.07 Å². The summed E-state index contributed by atoms with van der Waals surface area (Å²) < 4.78 is 13.5. The molecule has 1 aliphatic rings. The quantitative estimate of drug-likeness (QED) is 0.294. The summed E-state index contributed by atoms with van der Waals surface area (Å²) in [4.78, 5) is 19.0. The molecule has 6 nitrogen and oxygen atoms in total. The summed E-state index contributed by atoms with van der Waals surface area (Å²) in [6, 6.07) is 7.06. The van der Waals surface area contributed by atoms with Gasteiger partial charge in [0.15, 0.2) is 5.96 Å². The molecule has 0 spiro atoms. The Hall–Kier alpha value is -1.58. The summed E-state index contributed by atoms with van der Waals surface area (Å²) in [5, 5.41) is 9.62. The zero-order valence-electron chi connectivity index (χ0n) is 17.9. The molecule has 0 atom stereocenters. The van der Waals surface area contributed by atoms with Crippen LogP contribution in [0.15, 0.2) is 29.3 Å². The van der Waals surface area contributed by atoms with E-state index >= 15 is 0 Å². The molecule has 0 bridgehead atoms. The van der Waals surface area contributed by atoms with Gasteiger partial charge in [0.05, 0.1) is 12.0 Å². The second kappa shape index (κ2) is 12.2. The maximum atomic E-state index is 13.5. The lowest BCUT2D eigenvalue weighted by Gasteiger charge is -2.34. The lowest BCUT2D eigenvalue weighted by molar-refractivity contribution is -0.128. The van der Waals surface area contributed by atoms with E-state index in [9.17, 15) is 9.18 Å². The van der Waals surface area contributed by atoms with Crippen LogP contribution in [-0.4, -0.2) is 50.6 Å². The van der Waals surface area contributed by atoms with E-state index in [2.05, 4.69) is 25.8 Å². The van der Waals surface area contributed by atoms with Crippen LogP contribution in [0.25, 0.3) is 0 Å². The van der Waals surface area contributed by atoms with Crippen molar-refractivity contribution in [2.24, 2.45) is 10.4 Å². The molecule has 1 heterocycles. The molecule has 0 saturated carbocycles. The minimum Gasteiger partial charge on any atom is -0.371 e. The molecule has 1 aromatic rings. The van der Waals surface area contributed by atoms with Crippen molar-refractivity contribution in [3.63, 3.8) is 0 Å². The molecule has 1 aromatic carbocycles. The van der Waals surface area contributed by atoms with Crippen LogP contribution in [0.1, 0.15) is 40.5 Å². The summed E-state index contributed by atoms with van der Waals surface area (Å²) in [6.07, 6.45) is 1.89. The summed E-state index contributed by atoms with van der Waals surface area (Å²) in [6.45, 7) is 11.3. The fraction of sp³-hybridized carbons (Fsp3) is 0.619. The zero-order chi connectivity index (χ0) is 20.6. The molecule has 0 unspecified atom stereocenters.